The molecule has 1 rings (SSSR count). The number of phenols is 1. The molecule has 0 fully saturated rings. The van der Waals surface area contributed by atoms with E-state index in [1.54, 1.807) is 18.2 Å². The van der Waals surface area contributed by atoms with E-state index in [4.69, 9.17) is 4.74 Å². The predicted octanol–water partition coefficient (Wildman–Crippen LogP) is 3.05. The van der Waals surface area contributed by atoms with E-state index in [9.17, 15) is 14.7 Å². The van der Waals surface area contributed by atoms with Gasteiger partial charge in [-0.25, -0.2) is 0 Å². The van der Waals surface area contributed by atoms with Crippen LogP contribution in [0.5, 0.6) is 11.5 Å². The summed E-state index contributed by atoms with van der Waals surface area (Å²) in [5.41, 5.74) is 0.911. The third-order valence-corrected chi connectivity index (χ3v) is 3.14. The second-order valence-corrected chi connectivity index (χ2v) is 4.86. The number of hydrogen-bond donors (Lipinski definition) is 1. The molecule has 0 spiro atoms. The van der Waals surface area contributed by atoms with Crippen LogP contribution in [0.1, 0.15) is 44.6 Å². The first-order valence-electron chi connectivity index (χ1n) is 6.96. The Bertz CT molecular complexity index is 466. The Labute approximate surface area is 119 Å². The molecule has 1 N–H and O–H groups in total. The maximum atomic E-state index is 11.7. The predicted molar refractivity (Wildman–Crippen MR) is 77.1 cm³/mol. The Kier molecular flexibility index (Phi) is 6.77. The molecule has 0 aromatic heterocycles. The van der Waals surface area contributed by atoms with Crippen molar-refractivity contribution in [2.24, 2.45) is 0 Å². The van der Waals surface area contributed by atoms with E-state index in [-0.39, 0.29) is 23.7 Å². The Morgan fingerprint density at radius 2 is 1.90 bits per heavy atom. The highest BCUT2D eigenvalue weighted by Gasteiger charge is 2.10. The molecule has 0 bridgehead atoms. The number of methoxy groups -OCH3 is 1. The third-order valence-electron chi connectivity index (χ3n) is 3.14. The number of ketones is 2. The summed E-state index contributed by atoms with van der Waals surface area (Å²) in [4.78, 5) is 23.2. The topological polar surface area (TPSA) is 63.6 Å². The number of hydrogen-bond acceptors (Lipinski definition) is 4. The largest absolute Gasteiger partial charge is 0.504 e. The van der Waals surface area contributed by atoms with E-state index in [2.05, 4.69) is 0 Å². The van der Waals surface area contributed by atoms with Gasteiger partial charge in [-0.2, -0.15) is 0 Å². The lowest BCUT2D eigenvalue weighted by atomic mass is 10.0. The summed E-state index contributed by atoms with van der Waals surface area (Å²) in [5.74, 6) is 0.476. The molecule has 0 aliphatic heterocycles. The van der Waals surface area contributed by atoms with Crippen LogP contribution in [0.3, 0.4) is 0 Å². The summed E-state index contributed by atoms with van der Waals surface area (Å²) >= 11 is 0. The minimum Gasteiger partial charge on any atom is -0.504 e. The van der Waals surface area contributed by atoms with Gasteiger partial charge in [0.05, 0.1) is 13.5 Å². The van der Waals surface area contributed by atoms with Crippen molar-refractivity contribution in [3.05, 3.63) is 23.8 Å². The van der Waals surface area contributed by atoms with Gasteiger partial charge in [0.1, 0.15) is 11.6 Å². The van der Waals surface area contributed by atoms with Crippen LogP contribution in [-0.2, 0) is 16.0 Å². The van der Waals surface area contributed by atoms with Crippen LogP contribution in [0.25, 0.3) is 0 Å². The van der Waals surface area contributed by atoms with Gasteiger partial charge in [0.2, 0.25) is 0 Å². The number of aromatic hydroxyl groups is 1. The Morgan fingerprint density at radius 1 is 1.20 bits per heavy atom. The molecule has 0 aliphatic carbocycles. The standard InChI is InChI=1S/C16H22O4/c1-3-4-5-13(17)11-14(18)8-6-12-7-9-15(19)16(10-12)20-2/h7,9-10,19H,3-6,8,11H2,1-2H3. The Balaban J connectivity index is 2.43. The zero-order chi connectivity index (χ0) is 15.0. The number of ether oxygens (including phenoxy) is 1. The lowest BCUT2D eigenvalue weighted by Crippen LogP contribution is -2.08. The summed E-state index contributed by atoms with van der Waals surface area (Å²) in [6, 6.07) is 5.01. The van der Waals surface area contributed by atoms with Gasteiger partial charge in [-0.1, -0.05) is 19.4 Å². The van der Waals surface area contributed by atoms with E-state index < -0.39 is 0 Å². The zero-order valence-corrected chi connectivity index (χ0v) is 12.1. The molecule has 4 nitrogen and oxygen atoms in total. The van der Waals surface area contributed by atoms with Crippen molar-refractivity contribution in [2.45, 2.75) is 45.4 Å². The van der Waals surface area contributed by atoms with Crippen LogP contribution in [0.15, 0.2) is 18.2 Å². The van der Waals surface area contributed by atoms with E-state index in [1.807, 2.05) is 6.92 Å². The van der Waals surface area contributed by atoms with Gasteiger partial charge in [0.25, 0.3) is 0 Å². The number of benzene rings is 1. The number of aryl methyl sites for hydroxylation is 1. The molecule has 4 heteroatoms. The third kappa shape index (κ3) is 5.43. The fourth-order valence-corrected chi connectivity index (χ4v) is 1.93. The second-order valence-electron chi connectivity index (χ2n) is 4.86. The maximum absolute atomic E-state index is 11.7. The number of carbonyl (C=O) groups is 2. The van der Waals surface area contributed by atoms with Crippen LogP contribution >= 0.6 is 0 Å². The molecular weight excluding hydrogens is 256 g/mol. The van der Waals surface area contributed by atoms with Crippen molar-refractivity contribution in [1.82, 2.24) is 0 Å². The van der Waals surface area contributed by atoms with Crippen molar-refractivity contribution in [3.8, 4) is 11.5 Å². The number of unbranched alkanes of at least 4 members (excludes halogenated alkanes) is 1. The van der Waals surface area contributed by atoms with Gasteiger partial charge in [-0.3, -0.25) is 9.59 Å². The molecule has 0 unspecified atom stereocenters. The summed E-state index contributed by atoms with van der Waals surface area (Å²) < 4.78 is 5.01. The molecule has 0 heterocycles. The number of rotatable bonds is 9. The minimum absolute atomic E-state index is 0.0279. The molecular formula is C16H22O4. The molecule has 1 aromatic carbocycles. The monoisotopic (exact) mass is 278 g/mol. The van der Waals surface area contributed by atoms with Gasteiger partial charge in [-0.15, -0.1) is 0 Å². The van der Waals surface area contributed by atoms with Crippen molar-refractivity contribution < 1.29 is 19.4 Å². The lowest BCUT2D eigenvalue weighted by Gasteiger charge is -2.06. The van der Waals surface area contributed by atoms with Gasteiger partial charge in [0.15, 0.2) is 11.5 Å². The molecule has 1 aromatic rings. The highest BCUT2D eigenvalue weighted by atomic mass is 16.5. The highest BCUT2D eigenvalue weighted by molar-refractivity contribution is 5.99. The molecule has 0 amide bonds. The summed E-state index contributed by atoms with van der Waals surface area (Å²) in [6.07, 6.45) is 3.24. The van der Waals surface area contributed by atoms with E-state index in [1.165, 1.54) is 7.11 Å². The summed E-state index contributed by atoms with van der Waals surface area (Å²) in [7, 11) is 1.48. The van der Waals surface area contributed by atoms with Crippen LogP contribution < -0.4 is 4.74 Å². The maximum Gasteiger partial charge on any atom is 0.160 e. The first-order valence-corrected chi connectivity index (χ1v) is 6.96. The van der Waals surface area contributed by atoms with Crippen LogP contribution in [0.2, 0.25) is 0 Å². The molecule has 0 atom stereocenters. The Morgan fingerprint density at radius 3 is 2.55 bits per heavy atom. The number of carbonyl (C=O) groups excluding carboxylic acids is 2. The van der Waals surface area contributed by atoms with Crippen molar-refractivity contribution in [1.29, 1.82) is 0 Å². The van der Waals surface area contributed by atoms with E-state index in [0.29, 0.717) is 25.0 Å². The van der Waals surface area contributed by atoms with Crippen LogP contribution in [0.4, 0.5) is 0 Å². The lowest BCUT2D eigenvalue weighted by molar-refractivity contribution is -0.127. The van der Waals surface area contributed by atoms with Crippen molar-refractivity contribution in [3.63, 3.8) is 0 Å². The summed E-state index contributed by atoms with van der Waals surface area (Å²) in [5, 5.41) is 9.48. The normalized spacial score (nSPS) is 10.3. The Hall–Kier alpha value is -1.84. The van der Waals surface area contributed by atoms with Gasteiger partial charge >= 0.3 is 0 Å². The quantitative estimate of drug-likeness (QED) is 0.705. The average molecular weight is 278 g/mol. The zero-order valence-electron chi connectivity index (χ0n) is 12.1. The number of Topliss-reactive ketones (excluding diaryl/α,β-unsaturated/α-hetero) is 2. The smallest absolute Gasteiger partial charge is 0.160 e. The minimum atomic E-state index is -0.0295. The van der Waals surface area contributed by atoms with E-state index >= 15 is 0 Å². The van der Waals surface area contributed by atoms with Crippen molar-refractivity contribution in [2.75, 3.05) is 7.11 Å². The SMILES string of the molecule is CCCCC(=O)CC(=O)CCc1ccc(O)c(OC)c1. The van der Waals surface area contributed by atoms with Crippen LogP contribution in [0, 0.1) is 0 Å². The molecule has 0 saturated heterocycles. The highest BCUT2D eigenvalue weighted by Crippen LogP contribution is 2.26. The van der Waals surface area contributed by atoms with Gasteiger partial charge < -0.3 is 9.84 Å². The van der Waals surface area contributed by atoms with Gasteiger partial charge in [0, 0.05) is 12.8 Å². The first-order chi connectivity index (χ1) is 9.56. The van der Waals surface area contributed by atoms with E-state index in [0.717, 1.165) is 18.4 Å². The molecule has 0 saturated carbocycles. The molecule has 0 radical (unpaired) electrons. The van der Waals surface area contributed by atoms with Crippen LogP contribution in [-0.4, -0.2) is 23.8 Å². The first kappa shape index (κ1) is 16.2. The van der Waals surface area contributed by atoms with Crippen molar-refractivity contribution >= 4 is 11.6 Å². The molecule has 20 heavy (non-hydrogen) atoms. The molecule has 110 valence electrons. The fourth-order valence-electron chi connectivity index (χ4n) is 1.93. The molecule has 0 aliphatic rings. The summed E-state index contributed by atoms with van der Waals surface area (Å²) in [6.45, 7) is 2.02. The number of phenolic OH excluding ortho intramolecular Hbond substituents is 1. The van der Waals surface area contributed by atoms with Gasteiger partial charge in [-0.05, 0) is 30.5 Å². The fraction of sp³-hybridized carbons (Fsp3) is 0.500. The average Bonchev–Trinajstić information content (AvgIpc) is 2.44. The second kappa shape index (κ2) is 8.35.